The molecule has 0 saturated carbocycles. The smallest absolute Gasteiger partial charge is 0.224 e. The number of rotatable bonds is 6. The Morgan fingerprint density at radius 3 is 2.62 bits per heavy atom. The number of amides is 1. The number of aryl methyl sites for hydroxylation is 1. The van der Waals surface area contributed by atoms with Gasteiger partial charge in [-0.2, -0.15) is 0 Å². The third kappa shape index (κ3) is 4.78. The molecule has 0 aromatic heterocycles. The van der Waals surface area contributed by atoms with Crippen LogP contribution in [0.5, 0.6) is 5.75 Å². The van der Waals surface area contributed by atoms with Crippen molar-refractivity contribution >= 4 is 11.6 Å². The number of likely N-dealkylation sites (tertiary alicyclic amines) is 1. The summed E-state index contributed by atoms with van der Waals surface area (Å²) in [6, 6.07) is 15.4. The van der Waals surface area contributed by atoms with Crippen molar-refractivity contribution in [3.8, 4) is 5.75 Å². The number of aliphatic hydroxyl groups excluding tert-OH is 1. The molecule has 1 saturated heterocycles. The van der Waals surface area contributed by atoms with Crippen molar-refractivity contribution in [3.63, 3.8) is 0 Å². The first-order chi connectivity index (χ1) is 14.0. The third-order valence-corrected chi connectivity index (χ3v) is 5.88. The van der Waals surface area contributed by atoms with Crippen LogP contribution < -0.4 is 10.1 Å². The van der Waals surface area contributed by atoms with E-state index in [9.17, 15) is 15.0 Å². The molecule has 0 aliphatic carbocycles. The lowest BCUT2D eigenvalue weighted by Crippen LogP contribution is -2.46. The molecule has 4 rings (SSSR count). The number of nitrogens with one attached hydrogen (secondary N) is 1. The summed E-state index contributed by atoms with van der Waals surface area (Å²) in [4.78, 5) is 13.6. The highest BCUT2D eigenvalue weighted by atomic mass is 16.5. The summed E-state index contributed by atoms with van der Waals surface area (Å²) >= 11 is 0. The molecule has 2 aromatic carbocycles. The molecule has 1 fully saturated rings. The minimum Gasteiger partial charge on any atom is -0.491 e. The molecular weight excluding hydrogens is 368 g/mol. The van der Waals surface area contributed by atoms with Gasteiger partial charge < -0.3 is 25.2 Å². The number of aliphatic hydroxyl groups is 2. The Balaban J connectivity index is 1.25. The Labute approximate surface area is 171 Å². The number of hydrogen-bond donors (Lipinski definition) is 3. The second kappa shape index (κ2) is 8.53. The van der Waals surface area contributed by atoms with Crippen LogP contribution in [0.3, 0.4) is 0 Å². The maximum atomic E-state index is 11.4. The number of fused-ring (bicyclic) bond motifs is 1. The zero-order valence-electron chi connectivity index (χ0n) is 16.5. The van der Waals surface area contributed by atoms with Gasteiger partial charge in [-0.15, -0.1) is 0 Å². The topological polar surface area (TPSA) is 82.0 Å². The van der Waals surface area contributed by atoms with E-state index in [4.69, 9.17) is 4.74 Å². The van der Waals surface area contributed by atoms with Gasteiger partial charge in [0, 0.05) is 31.7 Å². The van der Waals surface area contributed by atoms with E-state index in [1.54, 1.807) is 0 Å². The van der Waals surface area contributed by atoms with Gasteiger partial charge in [-0.1, -0.05) is 30.3 Å². The predicted octanol–water partition coefficient (Wildman–Crippen LogP) is 2.29. The first-order valence-electron chi connectivity index (χ1n) is 10.3. The van der Waals surface area contributed by atoms with Crippen LogP contribution in [-0.2, 0) is 16.8 Å². The van der Waals surface area contributed by atoms with Crippen LogP contribution in [0.4, 0.5) is 5.69 Å². The second-order valence-corrected chi connectivity index (χ2v) is 8.03. The summed E-state index contributed by atoms with van der Waals surface area (Å²) < 4.78 is 5.77. The van der Waals surface area contributed by atoms with Gasteiger partial charge in [-0.05, 0) is 48.6 Å². The van der Waals surface area contributed by atoms with Gasteiger partial charge in [0.1, 0.15) is 18.5 Å². The average Bonchev–Trinajstić information content (AvgIpc) is 2.74. The van der Waals surface area contributed by atoms with E-state index in [1.807, 2.05) is 48.5 Å². The van der Waals surface area contributed by atoms with Gasteiger partial charge in [0.05, 0.1) is 5.60 Å². The number of carbonyl (C=O) groups excluding carboxylic acids is 1. The maximum Gasteiger partial charge on any atom is 0.224 e. The van der Waals surface area contributed by atoms with E-state index < -0.39 is 11.7 Å². The summed E-state index contributed by atoms with van der Waals surface area (Å²) in [5.74, 6) is 0.748. The lowest BCUT2D eigenvalue weighted by Gasteiger charge is -2.39. The van der Waals surface area contributed by atoms with Crippen LogP contribution in [0.25, 0.3) is 0 Å². The molecule has 0 radical (unpaired) electrons. The molecule has 6 heteroatoms. The van der Waals surface area contributed by atoms with Gasteiger partial charge in [0.25, 0.3) is 0 Å². The Hall–Kier alpha value is -2.41. The fourth-order valence-corrected chi connectivity index (χ4v) is 4.14. The van der Waals surface area contributed by atoms with Gasteiger partial charge in [0.15, 0.2) is 0 Å². The van der Waals surface area contributed by atoms with Crippen LogP contribution in [0.2, 0.25) is 0 Å². The van der Waals surface area contributed by atoms with Gasteiger partial charge in [-0.25, -0.2) is 0 Å². The van der Waals surface area contributed by atoms with Crippen LogP contribution in [-0.4, -0.2) is 53.4 Å². The van der Waals surface area contributed by atoms with Gasteiger partial charge in [-0.3, -0.25) is 4.79 Å². The molecule has 1 unspecified atom stereocenters. The largest absolute Gasteiger partial charge is 0.491 e. The number of β-amino-alcohol motifs (C(OH)–C–C–N with tert-alkyl or cyclic N) is 1. The van der Waals surface area contributed by atoms with E-state index in [-0.39, 0.29) is 12.5 Å². The van der Waals surface area contributed by atoms with Crippen molar-refractivity contribution in [2.75, 3.05) is 31.6 Å². The third-order valence-electron chi connectivity index (χ3n) is 5.88. The second-order valence-electron chi connectivity index (χ2n) is 8.03. The van der Waals surface area contributed by atoms with Crippen LogP contribution in [0, 0.1) is 0 Å². The standard InChI is InChI=1S/C23H28N2O4/c26-19(16-29-20-7-8-21-17(14-20)6-9-22(27)24-21)15-25-12-10-23(28,11-13-25)18-4-2-1-3-5-18/h1-5,7-8,14,19,26,28H,6,9-13,15-16H2,(H,24,27). The van der Waals surface area contributed by atoms with Crippen molar-refractivity contribution in [1.82, 2.24) is 4.90 Å². The summed E-state index contributed by atoms with van der Waals surface area (Å²) in [6.07, 6.45) is 1.90. The number of nitrogens with zero attached hydrogens (tertiary/aromatic N) is 1. The monoisotopic (exact) mass is 396 g/mol. The Bertz CT molecular complexity index is 847. The van der Waals surface area contributed by atoms with Crippen molar-refractivity contribution in [3.05, 3.63) is 59.7 Å². The van der Waals surface area contributed by atoms with Crippen LogP contribution >= 0.6 is 0 Å². The van der Waals surface area contributed by atoms with E-state index in [2.05, 4.69) is 10.2 Å². The van der Waals surface area contributed by atoms with Gasteiger partial charge >= 0.3 is 0 Å². The highest BCUT2D eigenvalue weighted by molar-refractivity contribution is 5.93. The highest BCUT2D eigenvalue weighted by Crippen LogP contribution is 2.32. The molecule has 2 aromatic rings. The molecule has 0 bridgehead atoms. The number of carbonyl (C=O) groups is 1. The Morgan fingerprint density at radius 2 is 1.86 bits per heavy atom. The molecule has 1 amide bonds. The first kappa shape index (κ1) is 19.9. The molecule has 2 aliphatic rings. The lowest BCUT2D eigenvalue weighted by molar-refractivity contribution is -0.116. The summed E-state index contributed by atoms with van der Waals surface area (Å²) in [6.45, 7) is 2.21. The molecule has 6 nitrogen and oxygen atoms in total. The van der Waals surface area contributed by atoms with E-state index in [0.29, 0.717) is 38.0 Å². The predicted molar refractivity (Wildman–Crippen MR) is 111 cm³/mol. The Kier molecular flexibility index (Phi) is 5.85. The summed E-state index contributed by atoms with van der Waals surface area (Å²) in [7, 11) is 0. The molecule has 2 aliphatic heterocycles. The van der Waals surface area contributed by atoms with Crippen molar-refractivity contribution in [2.24, 2.45) is 0 Å². The fourth-order valence-electron chi connectivity index (χ4n) is 4.14. The molecule has 154 valence electrons. The maximum absolute atomic E-state index is 11.4. The molecule has 3 N–H and O–H groups in total. The van der Waals surface area contributed by atoms with E-state index in [1.165, 1.54) is 0 Å². The molecule has 0 spiro atoms. The molecular formula is C23H28N2O4. The fraction of sp³-hybridized carbons (Fsp3) is 0.435. The van der Waals surface area contributed by atoms with Crippen LogP contribution in [0.1, 0.15) is 30.4 Å². The number of ether oxygens (including phenoxy) is 1. The zero-order chi connectivity index (χ0) is 20.3. The first-order valence-corrected chi connectivity index (χ1v) is 10.3. The molecule has 2 heterocycles. The van der Waals surface area contributed by atoms with Crippen LogP contribution in [0.15, 0.2) is 48.5 Å². The number of benzene rings is 2. The van der Waals surface area contributed by atoms with E-state index >= 15 is 0 Å². The lowest BCUT2D eigenvalue weighted by atomic mass is 9.84. The van der Waals surface area contributed by atoms with Gasteiger partial charge in [0.2, 0.25) is 5.91 Å². The minimum absolute atomic E-state index is 0.0438. The van der Waals surface area contributed by atoms with Crippen molar-refractivity contribution < 1.29 is 19.7 Å². The normalized spacial score (nSPS) is 19.9. The van der Waals surface area contributed by atoms with Crippen molar-refractivity contribution in [1.29, 1.82) is 0 Å². The summed E-state index contributed by atoms with van der Waals surface area (Å²) in [5.41, 5.74) is 2.09. The van der Waals surface area contributed by atoms with E-state index in [0.717, 1.165) is 29.9 Å². The number of hydrogen-bond acceptors (Lipinski definition) is 5. The highest BCUT2D eigenvalue weighted by Gasteiger charge is 2.34. The van der Waals surface area contributed by atoms with Crippen molar-refractivity contribution in [2.45, 2.75) is 37.4 Å². The quantitative estimate of drug-likeness (QED) is 0.698. The zero-order valence-corrected chi connectivity index (χ0v) is 16.5. The average molecular weight is 396 g/mol. The SMILES string of the molecule is O=C1CCc2cc(OCC(O)CN3CCC(O)(c4ccccc4)CC3)ccc2N1. The molecule has 29 heavy (non-hydrogen) atoms. The minimum atomic E-state index is -0.780. The molecule has 1 atom stereocenters. The summed E-state index contributed by atoms with van der Waals surface area (Å²) in [5, 5.41) is 24.2. The Morgan fingerprint density at radius 1 is 1.10 bits per heavy atom. The number of anilines is 1. The number of piperidine rings is 1.